The first-order chi connectivity index (χ1) is 12.4. The van der Waals surface area contributed by atoms with Crippen LogP contribution in [0.15, 0.2) is 36.4 Å². The second-order valence-electron chi connectivity index (χ2n) is 6.48. The maximum Gasteiger partial charge on any atom is 0.229 e. The SMILES string of the molecule is COc1cc(Cl)c(C)cc1N1CC(C(=O)Nc2ccccc2C)CC1=O. The van der Waals surface area contributed by atoms with Gasteiger partial charge in [-0.25, -0.2) is 0 Å². The van der Waals surface area contributed by atoms with E-state index in [1.165, 1.54) is 7.11 Å². The highest BCUT2D eigenvalue weighted by molar-refractivity contribution is 6.31. The average Bonchev–Trinajstić information content (AvgIpc) is 3.00. The van der Waals surface area contributed by atoms with Gasteiger partial charge in [-0.1, -0.05) is 29.8 Å². The summed E-state index contributed by atoms with van der Waals surface area (Å²) < 4.78 is 5.37. The zero-order valence-electron chi connectivity index (χ0n) is 15.0. The molecule has 1 unspecified atom stereocenters. The minimum Gasteiger partial charge on any atom is -0.495 e. The van der Waals surface area contributed by atoms with Crippen LogP contribution in [-0.2, 0) is 9.59 Å². The highest BCUT2D eigenvalue weighted by atomic mass is 35.5. The van der Waals surface area contributed by atoms with Crippen molar-refractivity contribution >= 4 is 34.8 Å². The number of ether oxygens (including phenoxy) is 1. The minimum absolute atomic E-state index is 0.102. The lowest BCUT2D eigenvalue weighted by molar-refractivity contribution is -0.122. The molecule has 1 saturated heterocycles. The smallest absolute Gasteiger partial charge is 0.229 e. The van der Waals surface area contributed by atoms with Gasteiger partial charge in [0.15, 0.2) is 0 Å². The fourth-order valence-electron chi connectivity index (χ4n) is 3.09. The molecule has 0 spiro atoms. The number of amides is 2. The molecule has 5 nitrogen and oxygen atoms in total. The van der Waals surface area contributed by atoms with Gasteiger partial charge in [0.2, 0.25) is 11.8 Å². The molecule has 1 atom stereocenters. The van der Waals surface area contributed by atoms with Gasteiger partial charge in [0, 0.05) is 29.7 Å². The number of hydrogen-bond donors (Lipinski definition) is 1. The molecule has 2 amide bonds. The fraction of sp³-hybridized carbons (Fsp3) is 0.300. The Morgan fingerprint density at radius 3 is 2.65 bits per heavy atom. The van der Waals surface area contributed by atoms with Crippen LogP contribution >= 0.6 is 11.6 Å². The number of nitrogens with zero attached hydrogens (tertiary/aromatic N) is 1. The van der Waals surface area contributed by atoms with Crippen LogP contribution in [0.5, 0.6) is 5.75 Å². The van der Waals surface area contributed by atoms with Gasteiger partial charge in [-0.15, -0.1) is 0 Å². The number of aryl methyl sites for hydroxylation is 2. The number of nitrogens with one attached hydrogen (secondary N) is 1. The summed E-state index contributed by atoms with van der Waals surface area (Å²) in [5, 5.41) is 3.50. The molecule has 2 aromatic carbocycles. The third-order valence-electron chi connectivity index (χ3n) is 4.65. The maximum atomic E-state index is 12.6. The van der Waals surface area contributed by atoms with Gasteiger partial charge in [0.25, 0.3) is 0 Å². The molecule has 0 bridgehead atoms. The van der Waals surface area contributed by atoms with Gasteiger partial charge in [-0.05, 0) is 37.1 Å². The number of carbonyl (C=O) groups excluding carboxylic acids is 2. The van der Waals surface area contributed by atoms with Crippen LogP contribution in [0, 0.1) is 19.8 Å². The average molecular weight is 373 g/mol. The largest absolute Gasteiger partial charge is 0.495 e. The van der Waals surface area contributed by atoms with Crippen molar-refractivity contribution in [2.24, 2.45) is 5.92 Å². The molecule has 26 heavy (non-hydrogen) atoms. The Bertz CT molecular complexity index is 866. The number of methoxy groups -OCH3 is 1. The highest BCUT2D eigenvalue weighted by Crippen LogP contribution is 2.37. The molecule has 0 radical (unpaired) electrons. The van der Waals surface area contributed by atoms with Gasteiger partial charge in [0.05, 0.1) is 18.7 Å². The predicted molar refractivity (Wildman–Crippen MR) is 103 cm³/mol. The Hall–Kier alpha value is -2.53. The molecule has 0 aliphatic carbocycles. The van der Waals surface area contributed by atoms with E-state index in [0.29, 0.717) is 23.0 Å². The first kappa shape index (κ1) is 18.3. The molecular weight excluding hydrogens is 352 g/mol. The fourth-order valence-corrected chi connectivity index (χ4v) is 3.24. The van der Waals surface area contributed by atoms with Crippen molar-refractivity contribution in [3.63, 3.8) is 0 Å². The van der Waals surface area contributed by atoms with Crippen molar-refractivity contribution in [2.45, 2.75) is 20.3 Å². The van der Waals surface area contributed by atoms with E-state index in [-0.39, 0.29) is 18.2 Å². The lowest BCUT2D eigenvalue weighted by Crippen LogP contribution is -2.28. The quantitative estimate of drug-likeness (QED) is 0.883. The van der Waals surface area contributed by atoms with Crippen molar-refractivity contribution in [2.75, 3.05) is 23.9 Å². The van der Waals surface area contributed by atoms with Gasteiger partial charge < -0.3 is 15.0 Å². The van der Waals surface area contributed by atoms with E-state index in [9.17, 15) is 9.59 Å². The molecule has 1 fully saturated rings. The molecule has 1 heterocycles. The Balaban J connectivity index is 1.80. The Labute approximate surface area is 157 Å². The number of hydrogen-bond acceptors (Lipinski definition) is 3. The number of halogens is 1. The van der Waals surface area contributed by atoms with E-state index in [2.05, 4.69) is 5.32 Å². The second kappa shape index (κ2) is 7.38. The van der Waals surface area contributed by atoms with E-state index in [1.54, 1.807) is 11.0 Å². The zero-order chi connectivity index (χ0) is 18.8. The van der Waals surface area contributed by atoms with Crippen LogP contribution in [0.1, 0.15) is 17.5 Å². The third kappa shape index (κ3) is 3.53. The van der Waals surface area contributed by atoms with Crippen molar-refractivity contribution in [3.05, 3.63) is 52.5 Å². The number of para-hydroxylation sites is 1. The summed E-state index contributed by atoms with van der Waals surface area (Å²) in [5.74, 6) is -0.147. The Morgan fingerprint density at radius 2 is 1.96 bits per heavy atom. The summed E-state index contributed by atoms with van der Waals surface area (Å²) in [7, 11) is 1.54. The molecule has 1 N–H and O–H groups in total. The Morgan fingerprint density at radius 1 is 1.23 bits per heavy atom. The van der Waals surface area contributed by atoms with E-state index in [0.717, 1.165) is 16.8 Å². The lowest BCUT2D eigenvalue weighted by atomic mass is 10.1. The maximum absolute atomic E-state index is 12.6. The van der Waals surface area contributed by atoms with E-state index < -0.39 is 5.92 Å². The molecule has 0 aromatic heterocycles. The second-order valence-corrected chi connectivity index (χ2v) is 6.89. The van der Waals surface area contributed by atoms with Crippen LogP contribution in [0.3, 0.4) is 0 Å². The summed E-state index contributed by atoms with van der Waals surface area (Å²) >= 11 is 6.14. The van der Waals surface area contributed by atoms with E-state index >= 15 is 0 Å². The summed E-state index contributed by atoms with van der Waals surface area (Å²) in [6, 6.07) is 11.1. The molecule has 6 heteroatoms. The number of rotatable bonds is 4. The summed E-state index contributed by atoms with van der Waals surface area (Å²) in [6.07, 6.45) is 0.169. The van der Waals surface area contributed by atoms with Crippen LogP contribution in [0.2, 0.25) is 5.02 Å². The summed E-state index contributed by atoms with van der Waals surface area (Å²) in [5.41, 5.74) is 3.24. The molecular formula is C20H21ClN2O3. The van der Waals surface area contributed by atoms with E-state index in [4.69, 9.17) is 16.3 Å². The van der Waals surface area contributed by atoms with Crippen molar-refractivity contribution in [1.82, 2.24) is 0 Å². The van der Waals surface area contributed by atoms with Crippen LogP contribution < -0.4 is 15.0 Å². The highest BCUT2D eigenvalue weighted by Gasteiger charge is 2.36. The van der Waals surface area contributed by atoms with Crippen molar-refractivity contribution < 1.29 is 14.3 Å². The van der Waals surface area contributed by atoms with E-state index in [1.807, 2.05) is 44.2 Å². The monoisotopic (exact) mass is 372 g/mol. The molecule has 136 valence electrons. The predicted octanol–water partition coefficient (Wildman–Crippen LogP) is 3.96. The molecule has 0 saturated carbocycles. The number of anilines is 2. The van der Waals surface area contributed by atoms with Gasteiger partial charge >= 0.3 is 0 Å². The standard InChI is InChI=1S/C20H21ClN2O3/c1-12-6-4-5-7-16(12)22-20(25)14-9-19(24)23(11-14)17-8-13(2)15(21)10-18(17)26-3/h4-8,10,14H,9,11H2,1-3H3,(H,22,25). The lowest BCUT2D eigenvalue weighted by Gasteiger charge is -2.21. The first-order valence-electron chi connectivity index (χ1n) is 8.41. The number of carbonyl (C=O) groups is 2. The number of benzene rings is 2. The topological polar surface area (TPSA) is 58.6 Å². The molecule has 3 rings (SSSR count). The zero-order valence-corrected chi connectivity index (χ0v) is 15.8. The van der Waals surface area contributed by atoms with Crippen LogP contribution in [0.4, 0.5) is 11.4 Å². The normalized spacial score (nSPS) is 16.7. The molecule has 1 aliphatic heterocycles. The van der Waals surface area contributed by atoms with Crippen LogP contribution in [-0.4, -0.2) is 25.5 Å². The summed E-state index contributed by atoms with van der Waals surface area (Å²) in [6.45, 7) is 4.12. The van der Waals surface area contributed by atoms with Gasteiger partial charge in [0.1, 0.15) is 5.75 Å². The first-order valence-corrected chi connectivity index (χ1v) is 8.79. The molecule has 1 aliphatic rings. The van der Waals surface area contributed by atoms with Gasteiger partial charge in [-0.3, -0.25) is 9.59 Å². The Kier molecular flexibility index (Phi) is 5.18. The molecule has 2 aromatic rings. The van der Waals surface area contributed by atoms with Gasteiger partial charge in [-0.2, -0.15) is 0 Å². The van der Waals surface area contributed by atoms with Crippen molar-refractivity contribution in [1.29, 1.82) is 0 Å². The van der Waals surface area contributed by atoms with Crippen molar-refractivity contribution in [3.8, 4) is 5.75 Å². The summed E-state index contributed by atoms with van der Waals surface area (Å²) in [4.78, 5) is 26.8. The van der Waals surface area contributed by atoms with Crippen LogP contribution in [0.25, 0.3) is 0 Å². The minimum atomic E-state index is -0.414. The third-order valence-corrected chi connectivity index (χ3v) is 5.06.